The van der Waals surface area contributed by atoms with E-state index < -0.39 is 0 Å². The van der Waals surface area contributed by atoms with Crippen molar-refractivity contribution in [1.29, 1.82) is 0 Å². The molecule has 2 aromatic heterocycles. The molecule has 1 fully saturated rings. The molecule has 4 rings (SSSR count). The number of thioether (sulfide) groups is 1. The monoisotopic (exact) mass is 424 g/mol. The number of aryl methyl sites for hydroxylation is 1. The number of hydrogen-bond acceptors (Lipinski definition) is 5. The van der Waals surface area contributed by atoms with Gasteiger partial charge in [0.2, 0.25) is 11.7 Å². The molecule has 7 heteroatoms. The van der Waals surface area contributed by atoms with Crippen LogP contribution in [0.1, 0.15) is 49.3 Å². The van der Waals surface area contributed by atoms with Crippen LogP contribution in [-0.4, -0.2) is 38.4 Å². The number of hydrogen-bond donors (Lipinski definition) is 0. The summed E-state index contributed by atoms with van der Waals surface area (Å²) < 4.78 is 7.79. The second-order valence-corrected chi connectivity index (χ2v) is 8.85. The van der Waals surface area contributed by atoms with Crippen molar-refractivity contribution in [1.82, 2.24) is 19.7 Å². The fraction of sp³-hybridized carbons (Fsp3) is 0.435. The minimum absolute atomic E-state index is 0.0843. The summed E-state index contributed by atoms with van der Waals surface area (Å²) in [6.45, 7) is 2.68. The lowest BCUT2D eigenvalue weighted by Gasteiger charge is -2.25. The first-order chi connectivity index (χ1) is 14.6. The van der Waals surface area contributed by atoms with Crippen molar-refractivity contribution < 1.29 is 9.21 Å². The van der Waals surface area contributed by atoms with Crippen molar-refractivity contribution in [2.75, 3.05) is 12.8 Å². The summed E-state index contributed by atoms with van der Waals surface area (Å²) in [5.41, 5.74) is 2.37. The van der Waals surface area contributed by atoms with Crippen LogP contribution in [0.2, 0.25) is 0 Å². The Kier molecular flexibility index (Phi) is 6.57. The molecule has 30 heavy (non-hydrogen) atoms. The number of nitrogens with zero attached hydrogens (tertiary/aromatic N) is 4. The van der Waals surface area contributed by atoms with Crippen molar-refractivity contribution in [3.63, 3.8) is 0 Å². The Morgan fingerprint density at radius 1 is 1.17 bits per heavy atom. The SMILES string of the molecule is Cc1ccccc1CN(C)C(=O)CSc1nnc(-c2ccco2)n1C1CCCCC1. The molecule has 1 aliphatic rings. The van der Waals surface area contributed by atoms with Crippen LogP contribution >= 0.6 is 11.8 Å². The highest BCUT2D eigenvalue weighted by molar-refractivity contribution is 7.99. The van der Waals surface area contributed by atoms with E-state index in [2.05, 4.69) is 33.8 Å². The Balaban J connectivity index is 1.47. The molecule has 6 nitrogen and oxygen atoms in total. The number of rotatable bonds is 7. The molecular formula is C23H28N4O2S. The molecule has 3 aromatic rings. The molecule has 1 saturated carbocycles. The highest BCUT2D eigenvalue weighted by Crippen LogP contribution is 2.35. The van der Waals surface area contributed by atoms with Gasteiger partial charge in [0.1, 0.15) is 0 Å². The van der Waals surface area contributed by atoms with Crippen molar-refractivity contribution in [3.8, 4) is 11.6 Å². The standard InChI is InChI=1S/C23H28N4O2S/c1-17-9-6-7-10-18(17)15-26(2)21(28)16-30-23-25-24-22(20-13-8-14-29-20)27(23)19-11-4-3-5-12-19/h6-10,13-14,19H,3-5,11-12,15-16H2,1-2H3. The van der Waals surface area contributed by atoms with Gasteiger partial charge >= 0.3 is 0 Å². The third kappa shape index (κ3) is 4.61. The van der Waals surface area contributed by atoms with Gasteiger partial charge in [-0.1, -0.05) is 55.3 Å². The van der Waals surface area contributed by atoms with Gasteiger partial charge in [-0.05, 0) is 43.0 Å². The van der Waals surface area contributed by atoms with E-state index in [1.165, 1.54) is 42.2 Å². The number of benzene rings is 1. The van der Waals surface area contributed by atoms with E-state index in [0.29, 0.717) is 18.3 Å². The van der Waals surface area contributed by atoms with Crippen LogP contribution in [-0.2, 0) is 11.3 Å². The molecule has 0 radical (unpaired) electrons. The second-order valence-electron chi connectivity index (χ2n) is 7.91. The zero-order valence-corrected chi connectivity index (χ0v) is 18.4. The van der Waals surface area contributed by atoms with Crippen LogP contribution in [0.4, 0.5) is 0 Å². The van der Waals surface area contributed by atoms with Gasteiger partial charge < -0.3 is 9.32 Å². The number of carbonyl (C=O) groups excluding carboxylic acids is 1. The van der Waals surface area contributed by atoms with Crippen LogP contribution < -0.4 is 0 Å². The maximum absolute atomic E-state index is 12.8. The van der Waals surface area contributed by atoms with E-state index in [1.807, 2.05) is 31.3 Å². The Labute approximate surface area is 181 Å². The van der Waals surface area contributed by atoms with Crippen molar-refractivity contribution >= 4 is 17.7 Å². The maximum Gasteiger partial charge on any atom is 0.233 e. The molecule has 1 amide bonds. The van der Waals surface area contributed by atoms with E-state index in [1.54, 1.807) is 11.2 Å². The fourth-order valence-corrected chi connectivity index (χ4v) is 4.93. The lowest BCUT2D eigenvalue weighted by Crippen LogP contribution is -2.28. The lowest BCUT2D eigenvalue weighted by atomic mass is 9.95. The van der Waals surface area contributed by atoms with E-state index >= 15 is 0 Å². The fourth-order valence-electron chi connectivity index (χ4n) is 3.99. The molecule has 158 valence electrons. The molecule has 0 aliphatic heterocycles. The maximum atomic E-state index is 12.8. The lowest BCUT2D eigenvalue weighted by molar-refractivity contribution is -0.127. The second kappa shape index (κ2) is 9.51. The summed E-state index contributed by atoms with van der Waals surface area (Å²) >= 11 is 1.47. The molecular weight excluding hydrogens is 396 g/mol. The topological polar surface area (TPSA) is 64.2 Å². The summed E-state index contributed by atoms with van der Waals surface area (Å²) in [5.74, 6) is 1.91. The third-order valence-electron chi connectivity index (χ3n) is 5.77. The minimum atomic E-state index is 0.0843. The van der Waals surface area contributed by atoms with E-state index in [0.717, 1.165) is 29.6 Å². The van der Waals surface area contributed by atoms with Crippen LogP contribution in [0.25, 0.3) is 11.6 Å². The minimum Gasteiger partial charge on any atom is -0.461 e. The highest BCUT2D eigenvalue weighted by Gasteiger charge is 2.25. The first kappa shape index (κ1) is 20.7. The van der Waals surface area contributed by atoms with Crippen molar-refractivity contribution in [2.45, 2.75) is 56.8 Å². The quantitative estimate of drug-likeness (QED) is 0.494. The van der Waals surface area contributed by atoms with Gasteiger partial charge in [-0.2, -0.15) is 0 Å². The number of carbonyl (C=O) groups is 1. The number of amides is 1. The van der Waals surface area contributed by atoms with Gasteiger partial charge in [-0.25, -0.2) is 0 Å². The molecule has 0 saturated heterocycles. The van der Waals surface area contributed by atoms with Gasteiger partial charge in [0.25, 0.3) is 0 Å². The predicted molar refractivity (Wildman–Crippen MR) is 118 cm³/mol. The molecule has 2 heterocycles. The van der Waals surface area contributed by atoms with Crippen molar-refractivity contribution in [3.05, 3.63) is 53.8 Å². The molecule has 1 aliphatic carbocycles. The van der Waals surface area contributed by atoms with Crippen molar-refractivity contribution in [2.24, 2.45) is 0 Å². The predicted octanol–water partition coefficient (Wildman–Crippen LogP) is 5.10. The Morgan fingerprint density at radius 2 is 1.97 bits per heavy atom. The number of aromatic nitrogens is 3. The van der Waals surface area contributed by atoms with Crippen LogP contribution in [0.15, 0.2) is 52.2 Å². The highest BCUT2D eigenvalue weighted by atomic mass is 32.2. The molecule has 1 aromatic carbocycles. The summed E-state index contributed by atoms with van der Waals surface area (Å²) in [6.07, 6.45) is 7.58. The van der Waals surface area contributed by atoms with Gasteiger partial charge in [-0.15, -0.1) is 10.2 Å². The Bertz CT molecular complexity index is 977. The smallest absolute Gasteiger partial charge is 0.233 e. The first-order valence-corrected chi connectivity index (χ1v) is 11.5. The van der Waals surface area contributed by atoms with Crippen LogP contribution in [0.5, 0.6) is 0 Å². The van der Waals surface area contributed by atoms with E-state index in [9.17, 15) is 4.79 Å². The van der Waals surface area contributed by atoms with Crippen LogP contribution in [0, 0.1) is 6.92 Å². The van der Waals surface area contributed by atoms with Gasteiger partial charge in [0.05, 0.1) is 12.0 Å². The summed E-state index contributed by atoms with van der Waals surface area (Å²) in [6, 6.07) is 12.3. The normalized spacial score (nSPS) is 14.7. The van der Waals surface area contributed by atoms with Gasteiger partial charge in [0, 0.05) is 19.6 Å². The first-order valence-electron chi connectivity index (χ1n) is 10.5. The van der Waals surface area contributed by atoms with E-state index in [4.69, 9.17) is 4.42 Å². The van der Waals surface area contributed by atoms with Crippen LogP contribution in [0.3, 0.4) is 0 Å². The average molecular weight is 425 g/mol. The average Bonchev–Trinajstić information content (AvgIpc) is 3.44. The zero-order chi connectivity index (χ0) is 20.9. The molecule has 0 bridgehead atoms. The molecule has 0 spiro atoms. The summed E-state index contributed by atoms with van der Waals surface area (Å²) in [7, 11) is 1.86. The zero-order valence-electron chi connectivity index (χ0n) is 17.6. The Hall–Kier alpha value is -2.54. The summed E-state index contributed by atoms with van der Waals surface area (Å²) in [4.78, 5) is 14.6. The van der Waals surface area contributed by atoms with Gasteiger partial charge in [0.15, 0.2) is 10.9 Å². The molecule has 0 N–H and O–H groups in total. The van der Waals surface area contributed by atoms with Gasteiger partial charge in [-0.3, -0.25) is 9.36 Å². The third-order valence-corrected chi connectivity index (χ3v) is 6.69. The summed E-state index contributed by atoms with van der Waals surface area (Å²) in [5, 5.41) is 9.63. The largest absolute Gasteiger partial charge is 0.461 e. The van der Waals surface area contributed by atoms with E-state index in [-0.39, 0.29) is 5.91 Å². The molecule has 0 unspecified atom stereocenters. The number of furan rings is 1. The Morgan fingerprint density at radius 3 is 2.70 bits per heavy atom. The molecule has 0 atom stereocenters.